The van der Waals surface area contributed by atoms with Crippen LogP contribution in [0.5, 0.6) is 5.75 Å². The maximum atomic E-state index is 12.5. The average molecular weight is 391 g/mol. The quantitative estimate of drug-likeness (QED) is 0.736. The molecule has 2 aromatic carbocycles. The number of methoxy groups -OCH3 is 1. The van der Waals surface area contributed by atoms with Crippen LogP contribution in [0.15, 0.2) is 41.2 Å². The number of carbonyl (C=O) groups excluding carboxylic acids is 1. The number of aryl methyl sites for hydroxylation is 3. The molecule has 0 saturated carbocycles. The first kappa shape index (κ1) is 19.1. The second-order valence-corrected chi connectivity index (χ2v) is 7.55. The molecule has 0 fully saturated rings. The standard InChI is InChI=1S/C23H25N3O3/c1-14-10-19-21(25(3)23(14)28)12-18(29-4)13-22(19)26-9-5-6-16-7-8-17(11-20(16)26)24-15(2)27/h7-8,10-13H,5-6,9H2,1-4H3,(H,24,27). The van der Waals surface area contributed by atoms with Crippen LogP contribution in [-0.2, 0) is 18.3 Å². The molecule has 1 amide bonds. The second kappa shape index (κ2) is 7.28. The van der Waals surface area contributed by atoms with Gasteiger partial charge in [-0.2, -0.15) is 0 Å². The molecular weight excluding hydrogens is 366 g/mol. The highest BCUT2D eigenvalue weighted by Crippen LogP contribution is 2.40. The number of hydrogen-bond donors (Lipinski definition) is 1. The van der Waals surface area contributed by atoms with Gasteiger partial charge < -0.3 is 19.5 Å². The van der Waals surface area contributed by atoms with Crippen LogP contribution < -0.4 is 20.5 Å². The normalized spacial score (nSPS) is 13.3. The van der Waals surface area contributed by atoms with E-state index in [9.17, 15) is 9.59 Å². The van der Waals surface area contributed by atoms with Gasteiger partial charge in [-0.3, -0.25) is 9.59 Å². The van der Waals surface area contributed by atoms with Gasteiger partial charge in [0.25, 0.3) is 5.56 Å². The van der Waals surface area contributed by atoms with E-state index in [1.165, 1.54) is 12.5 Å². The molecule has 6 heteroatoms. The summed E-state index contributed by atoms with van der Waals surface area (Å²) < 4.78 is 7.22. The van der Waals surface area contributed by atoms with Crippen LogP contribution in [0, 0.1) is 6.92 Å². The van der Waals surface area contributed by atoms with E-state index in [1.807, 2.05) is 37.3 Å². The summed E-state index contributed by atoms with van der Waals surface area (Å²) in [5.74, 6) is 0.612. The van der Waals surface area contributed by atoms with Crippen molar-refractivity contribution in [1.29, 1.82) is 0 Å². The number of amides is 1. The fourth-order valence-electron chi connectivity index (χ4n) is 4.12. The third-order valence-electron chi connectivity index (χ3n) is 5.52. The molecule has 0 aliphatic carbocycles. The highest BCUT2D eigenvalue weighted by atomic mass is 16.5. The van der Waals surface area contributed by atoms with E-state index in [2.05, 4.69) is 16.3 Å². The summed E-state index contributed by atoms with van der Waals surface area (Å²) in [5.41, 5.74) is 5.61. The zero-order valence-electron chi connectivity index (χ0n) is 17.2. The molecule has 0 atom stereocenters. The largest absolute Gasteiger partial charge is 0.497 e. The van der Waals surface area contributed by atoms with Crippen LogP contribution in [0.1, 0.15) is 24.5 Å². The number of nitrogens with one attached hydrogen (secondary N) is 1. The number of pyridine rings is 1. The van der Waals surface area contributed by atoms with Crippen molar-refractivity contribution < 1.29 is 9.53 Å². The van der Waals surface area contributed by atoms with Crippen LogP contribution in [-0.4, -0.2) is 24.1 Å². The third kappa shape index (κ3) is 3.35. The minimum absolute atomic E-state index is 0.0105. The Bertz CT molecular complexity index is 1180. The Balaban J connectivity index is 1.96. The molecule has 150 valence electrons. The number of fused-ring (bicyclic) bond motifs is 2. The molecule has 4 rings (SSSR count). The van der Waals surface area contributed by atoms with Gasteiger partial charge in [-0.05, 0) is 43.5 Å². The van der Waals surface area contributed by atoms with E-state index in [0.717, 1.165) is 47.4 Å². The summed E-state index contributed by atoms with van der Waals surface area (Å²) in [5, 5.41) is 3.88. The maximum absolute atomic E-state index is 12.5. The molecule has 0 radical (unpaired) electrons. The summed E-state index contributed by atoms with van der Waals surface area (Å²) >= 11 is 0. The Kier molecular flexibility index (Phi) is 4.78. The molecule has 0 bridgehead atoms. The molecule has 1 N–H and O–H groups in total. The van der Waals surface area contributed by atoms with Gasteiger partial charge in [-0.15, -0.1) is 0 Å². The van der Waals surface area contributed by atoms with Crippen molar-refractivity contribution in [2.45, 2.75) is 26.7 Å². The van der Waals surface area contributed by atoms with Crippen molar-refractivity contribution in [3.63, 3.8) is 0 Å². The lowest BCUT2D eigenvalue weighted by Crippen LogP contribution is -2.26. The number of aromatic nitrogens is 1. The minimum Gasteiger partial charge on any atom is -0.497 e. The number of nitrogens with zero attached hydrogens (tertiary/aromatic N) is 2. The Morgan fingerprint density at radius 1 is 1.14 bits per heavy atom. The zero-order chi connectivity index (χ0) is 20.7. The van der Waals surface area contributed by atoms with Crippen molar-refractivity contribution in [1.82, 2.24) is 4.57 Å². The van der Waals surface area contributed by atoms with Gasteiger partial charge in [0.2, 0.25) is 5.91 Å². The first-order chi connectivity index (χ1) is 13.9. The number of carbonyl (C=O) groups is 1. The molecule has 1 aliphatic rings. The fraction of sp³-hybridized carbons (Fsp3) is 0.304. The summed E-state index contributed by atoms with van der Waals surface area (Å²) in [7, 11) is 3.43. The summed E-state index contributed by atoms with van der Waals surface area (Å²) in [4.78, 5) is 26.3. The molecule has 3 aromatic rings. The van der Waals surface area contributed by atoms with Gasteiger partial charge >= 0.3 is 0 Å². The monoisotopic (exact) mass is 391 g/mol. The van der Waals surface area contributed by atoms with Crippen molar-refractivity contribution in [3.05, 3.63) is 57.9 Å². The molecule has 0 spiro atoms. The van der Waals surface area contributed by atoms with Gasteiger partial charge in [0.05, 0.1) is 18.3 Å². The van der Waals surface area contributed by atoms with E-state index in [0.29, 0.717) is 11.3 Å². The average Bonchev–Trinajstić information content (AvgIpc) is 2.71. The van der Waals surface area contributed by atoms with E-state index in [-0.39, 0.29) is 11.5 Å². The van der Waals surface area contributed by atoms with Crippen molar-refractivity contribution in [2.75, 3.05) is 23.9 Å². The first-order valence-electron chi connectivity index (χ1n) is 9.75. The Labute approximate surface area is 169 Å². The number of anilines is 3. The molecule has 29 heavy (non-hydrogen) atoms. The number of ether oxygens (including phenoxy) is 1. The molecule has 1 aromatic heterocycles. The molecule has 0 saturated heterocycles. The number of benzene rings is 2. The number of rotatable bonds is 3. The van der Waals surface area contributed by atoms with Gasteiger partial charge in [0.15, 0.2) is 0 Å². The topological polar surface area (TPSA) is 63.6 Å². The molecule has 1 aliphatic heterocycles. The fourth-order valence-corrected chi connectivity index (χ4v) is 4.12. The Hall–Kier alpha value is -3.28. The highest BCUT2D eigenvalue weighted by Gasteiger charge is 2.22. The van der Waals surface area contributed by atoms with E-state index in [4.69, 9.17) is 4.74 Å². The first-order valence-corrected chi connectivity index (χ1v) is 9.75. The zero-order valence-corrected chi connectivity index (χ0v) is 17.2. The van der Waals surface area contributed by atoms with Gasteiger partial charge in [-0.25, -0.2) is 0 Å². The Morgan fingerprint density at radius 3 is 2.66 bits per heavy atom. The van der Waals surface area contributed by atoms with Crippen LogP contribution >= 0.6 is 0 Å². The van der Waals surface area contributed by atoms with Crippen molar-refractivity contribution >= 4 is 33.9 Å². The maximum Gasteiger partial charge on any atom is 0.253 e. The lowest BCUT2D eigenvalue weighted by Gasteiger charge is -2.33. The predicted octanol–water partition coefficient (Wildman–Crippen LogP) is 3.90. The van der Waals surface area contributed by atoms with Crippen LogP contribution in [0.3, 0.4) is 0 Å². The van der Waals surface area contributed by atoms with Crippen molar-refractivity contribution in [3.8, 4) is 5.75 Å². The summed E-state index contributed by atoms with van der Waals surface area (Å²) in [6.07, 6.45) is 2.02. The second-order valence-electron chi connectivity index (χ2n) is 7.55. The predicted molar refractivity (Wildman–Crippen MR) is 117 cm³/mol. The molecule has 0 unspecified atom stereocenters. The van der Waals surface area contributed by atoms with Gasteiger partial charge in [0, 0.05) is 55.0 Å². The minimum atomic E-state index is -0.0928. The van der Waals surface area contributed by atoms with Gasteiger partial charge in [-0.1, -0.05) is 6.07 Å². The van der Waals surface area contributed by atoms with Crippen LogP contribution in [0.4, 0.5) is 17.1 Å². The lowest BCUT2D eigenvalue weighted by atomic mass is 9.99. The van der Waals surface area contributed by atoms with Crippen LogP contribution in [0.25, 0.3) is 10.9 Å². The molecule has 2 heterocycles. The smallest absolute Gasteiger partial charge is 0.253 e. The van der Waals surface area contributed by atoms with Gasteiger partial charge in [0.1, 0.15) is 5.75 Å². The van der Waals surface area contributed by atoms with Crippen molar-refractivity contribution in [2.24, 2.45) is 7.05 Å². The van der Waals surface area contributed by atoms with E-state index < -0.39 is 0 Å². The molecular formula is C23H25N3O3. The Morgan fingerprint density at radius 2 is 1.93 bits per heavy atom. The SMILES string of the molecule is COc1cc(N2CCCc3ccc(NC(C)=O)cc32)c2cc(C)c(=O)n(C)c2c1. The highest BCUT2D eigenvalue weighted by molar-refractivity contribution is 5.97. The third-order valence-corrected chi connectivity index (χ3v) is 5.52. The molecule has 6 nitrogen and oxygen atoms in total. The lowest BCUT2D eigenvalue weighted by molar-refractivity contribution is -0.114. The van der Waals surface area contributed by atoms with E-state index in [1.54, 1.807) is 18.7 Å². The van der Waals surface area contributed by atoms with E-state index >= 15 is 0 Å². The number of hydrogen-bond acceptors (Lipinski definition) is 4. The summed E-state index contributed by atoms with van der Waals surface area (Å²) in [6, 6.07) is 11.9. The van der Waals surface area contributed by atoms with Crippen LogP contribution in [0.2, 0.25) is 0 Å². The summed E-state index contributed by atoms with van der Waals surface area (Å²) in [6.45, 7) is 4.20.